The highest BCUT2D eigenvalue weighted by molar-refractivity contribution is 7.22. The SMILES string of the molecule is Cc1c(Oc2ccc(CCC(=O)N3CCN(c4ccc5c(C6CCC(=O)NC6=O)nn(C)c5c4)CC3)cc2)cccc1-c1ccc(N2CCc3cccc(CNc4nc5ccccc5s4)c3C2)nc1C(=O)O. The van der Waals surface area contributed by atoms with Gasteiger partial charge in [-0.15, -0.1) is 0 Å². The number of amides is 3. The molecule has 1 unspecified atom stereocenters. The van der Waals surface area contributed by atoms with Gasteiger partial charge >= 0.3 is 5.97 Å². The first-order valence-electron chi connectivity index (χ1n) is 24.4. The molecule has 6 heterocycles. The van der Waals surface area contributed by atoms with Crippen molar-refractivity contribution in [2.75, 3.05) is 47.8 Å². The highest BCUT2D eigenvalue weighted by Gasteiger charge is 2.32. The molecule has 8 aromatic rings. The number of para-hydroxylation sites is 1. The highest BCUT2D eigenvalue weighted by Crippen LogP contribution is 2.37. The molecule has 2 saturated heterocycles. The van der Waals surface area contributed by atoms with Gasteiger partial charge < -0.3 is 29.9 Å². The van der Waals surface area contributed by atoms with Crippen LogP contribution in [-0.2, 0) is 47.4 Å². The van der Waals surface area contributed by atoms with E-state index in [1.54, 1.807) is 16.0 Å². The van der Waals surface area contributed by atoms with Crippen LogP contribution in [-0.4, -0.2) is 86.2 Å². The lowest BCUT2D eigenvalue weighted by Gasteiger charge is -2.36. The van der Waals surface area contributed by atoms with Gasteiger partial charge in [0.25, 0.3) is 0 Å². The quantitative estimate of drug-likeness (QED) is 0.0937. The number of pyridine rings is 1. The third kappa shape index (κ3) is 9.32. The zero-order valence-electron chi connectivity index (χ0n) is 40.1. The molecule has 1 atom stereocenters. The van der Waals surface area contributed by atoms with Crippen molar-refractivity contribution in [2.24, 2.45) is 7.05 Å². The van der Waals surface area contributed by atoms with Crippen molar-refractivity contribution in [3.63, 3.8) is 0 Å². The summed E-state index contributed by atoms with van der Waals surface area (Å²) in [7, 11) is 1.87. The first-order valence-corrected chi connectivity index (χ1v) is 25.2. The van der Waals surface area contributed by atoms with E-state index in [2.05, 4.69) is 55.9 Å². The van der Waals surface area contributed by atoms with E-state index in [1.807, 2.05) is 104 Å². The van der Waals surface area contributed by atoms with E-state index < -0.39 is 11.9 Å². The summed E-state index contributed by atoms with van der Waals surface area (Å²) in [5.41, 5.74) is 10.3. The fraction of sp³-hybridized carbons (Fsp3) is 0.268. The standard InChI is InChI=1S/C56H53N9O6S/c1-34-40(41-20-22-49(59-53(41)55(69)70)65-26-25-36-7-5-8-37(44(36)33-65)32-57-56-58-45-10-3-4-12-48(45)72-56)9-6-11-47(34)71-39-17-13-35(14-18-39)15-24-51(67)64-29-27-63(28-30-64)38-16-19-42-46(31-38)62(2)61-52(42)43-21-23-50(66)60-54(43)68/h3-14,16-20,22,31,43H,15,21,23-30,32-33H2,1-2H3,(H,57,58)(H,69,70)(H,60,66,68). The average molecular weight is 980 g/mol. The fourth-order valence-corrected chi connectivity index (χ4v) is 11.2. The number of piperazine rings is 1. The maximum atomic E-state index is 13.4. The van der Waals surface area contributed by atoms with Crippen molar-refractivity contribution in [1.82, 2.24) is 30.0 Å². The lowest BCUT2D eigenvalue weighted by Crippen LogP contribution is -2.48. The van der Waals surface area contributed by atoms with Crippen molar-refractivity contribution in [3.05, 3.63) is 154 Å². The Bertz CT molecular complexity index is 3380. The number of nitrogens with one attached hydrogen (secondary N) is 2. The number of hydrogen-bond acceptors (Lipinski definition) is 12. The van der Waals surface area contributed by atoms with Crippen LogP contribution in [0.15, 0.2) is 115 Å². The van der Waals surface area contributed by atoms with Crippen LogP contribution in [0.1, 0.15) is 69.2 Å². The molecule has 0 spiro atoms. The summed E-state index contributed by atoms with van der Waals surface area (Å²) in [6, 6.07) is 37.8. The number of carboxylic acid groups (broad SMARTS) is 1. The zero-order chi connectivity index (χ0) is 49.5. The second kappa shape index (κ2) is 19.6. The number of fused-ring (bicyclic) bond motifs is 3. The molecule has 3 aromatic heterocycles. The maximum Gasteiger partial charge on any atom is 0.355 e. The number of carboxylic acids is 1. The molecule has 5 aromatic carbocycles. The largest absolute Gasteiger partial charge is 0.476 e. The van der Waals surface area contributed by atoms with E-state index in [4.69, 9.17) is 14.7 Å². The Kier molecular flexibility index (Phi) is 12.6. The topological polar surface area (TPSA) is 175 Å². The highest BCUT2D eigenvalue weighted by atomic mass is 32.1. The number of thiazole rings is 1. The molecule has 0 aliphatic carbocycles. The number of aromatic nitrogens is 4. The van der Waals surface area contributed by atoms with Gasteiger partial charge in [0.2, 0.25) is 17.7 Å². The number of carbonyl (C=O) groups is 4. The van der Waals surface area contributed by atoms with Crippen LogP contribution in [0.2, 0.25) is 0 Å². The molecule has 3 amide bonds. The van der Waals surface area contributed by atoms with Crippen molar-refractivity contribution in [2.45, 2.75) is 58.0 Å². The maximum absolute atomic E-state index is 13.4. The third-order valence-electron chi connectivity index (χ3n) is 14.3. The van der Waals surface area contributed by atoms with Crippen LogP contribution < -0.4 is 25.2 Å². The number of ether oxygens (including phenoxy) is 1. The van der Waals surface area contributed by atoms with Crippen LogP contribution in [0, 0.1) is 6.92 Å². The second-order valence-corrected chi connectivity index (χ2v) is 19.7. The molecular weight excluding hydrogens is 927 g/mol. The summed E-state index contributed by atoms with van der Waals surface area (Å²) >= 11 is 1.64. The van der Waals surface area contributed by atoms with Crippen molar-refractivity contribution < 1.29 is 29.0 Å². The van der Waals surface area contributed by atoms with Crippen LogP contribution in [0.25, 0.3) is 32.2 Å². The number of aryl methyl sites for hydroxylation is 2. The Morgan fingerprint density at radius 2 is 1.67 bits per heavy atom. The summed E-state index contributed by atoms with van der Waals surface area (Å²) in [4.78, 5) is 66.5. The van der Waals surface area contributed by atoms with Crippen molar-refractivity contribution in [1.29, 1.82) is 0 Å². The van der Waals surface area contributed by atoms with E-state index in [9.17, 15) is 24.3 Å². The second-order valence-electron chi connectivity index (χ2n) is 18.7. The number of imide groups is 1. The summed E-state index contributed by atoms with van der Waals surface area (Å²) in [6.07, 6.45) is 2.55. The molecule has 72 heavy (non-hydrogen) atoms. The van der Waals surface area contributed by atoms with Gasteiger partial charge in [0.15, 0.2) is 10.8 Å². The summed E-state index contributed by atoms with van der Waals surface area (Å²) in [6.45, 7) is 6.50. The van der Waals surface area contributed by atoms with Gasteiger partial charge in [0.05, 0.1) is 27.3 Å². The van der Waals surface area contributed by atoms with E-state index >= 15 is 0 Å². The van der Waals surface area contributed by atoms with Gasteiger partial charge in [-0.2, -0.15) is 5.10 Å². The molecule has 3 aliphatic heterocycles. The zero-order valence-corrected chi connectivity index (χ0v) is 40.9. The number of benzene rings is 5. The van der Waals surface area contributed by atoms with Crippen molar-refractivity contribution in [3.8, 4) is 22.6 Å². The first kappa shape index (κ1) is 46.3. The molecule has 11 rings (SSSR count). The van der Waals surface area contributed by atoms with Gasteiger partial charge in [-0.05, 0) is 120 Å². The predicted octanol–water partition coefficient (Wildman–Crippen LogP) is 9.02. The Balaban J connectivity index is 0.696. The van der Waals surface area contributed by atoms with Crippen molar-refractivity contribution >= 4 is 72.8 Å². The molecule has 0 saturated carbocycles. The minimum absolute atomic E-state index is 0.0174. The Hall–Kier alpha value is -8.11. The fourth-order valence-electron chi connectivity index (χ4n) is 10.3. The monoisotopic (exact) mass is 979 g/mol. The molecule has 3 N–H and O–H groups in total. The molecule has 0 radical (unpaired) electrons. The summed E-state index contributed by atoms with van der Waals surface area (Å²) in [5, 5.41) is 23.0. The first-order chi connectivity index (χ1) is 35.0. The van der Waals surface area contributed by atoms with Crippen LogP contribution >= 0.6 is 11.3 Å². The minimum atomic E-state index is -1.10. The molecule has 3 aliphatic rings. The van der Waals surface area contributed by atoms with Crippen LogP contribution in [0.4, 0.5) is 16.6 Å². The number of rotatable bonds is 13. The van der Waals surface area contributed by atoms with Gasteiger partial charge in [-0.1, -0.05) is 65.9 Å². The molecule has 2 fully saturated rings. The predicted molar refractivity (Wildman–Crippen MR) is 279 cm³/mol. The number of nitrogens with zero attached hydrogens (tertiary/aromatic N) is 7. The number of hydrogen-bond donors (Lipinski definition) is 3. The Morgan fingerprint density at radius 3 is 2.47 bits per heavy atom. The molecule has 16 heteroatoms. The number of aromatic carboxylic acids is 1. The van der Waals surface area contributed by atoms with Crippen LogP contribution in [0.5, 0.6) is 11.5 Å². The smallest absolute Gasteiger partial charge is 0.355 e. The van der Waals surface area contributed by atoms with E-state index in [1.165, 1.54) is 16.7 Å². The van der Waals surface area contributed by atoms with E-state index in [-0.39, 0.29) is 23.4 Å². The van der Waals surface area contributed by atoms with Crippen LogP contribution in [0.3, 0.4) is 0 Å². The Labute approximate surface area is 420 Å². The van der Waals surface area contributed by atoms with E-state index in [0.29, 0.717) is 100 Å². The van der Waals surface area contributed by atoms with E-state index in [0.717, 1.165) is 55.0 Å². The normalized spacial score (nSPS) is 16.0. The molecule has 15 nitrogen and oxygen atoms in total. The van der Waals surface area contributed by atoms with Gasteiger partial charge in [-0.3, -0.25) is 24.4 Å². The Morgan fingerprint density at radius 1 is 0.847 bits per heavy atom. The molecule has 0 bridgehead atoms. The third-order valence-corrected chi connectivity index (χ3v) is 15.3. The summed E-state index contributed by atoms with van der Waals surface area (Å²) in [5.74, 6) is -0.137. The summed E-state index contributed by atoms with van der Waals surface area (Å²) < 4.78 is 9.32. The number of carbonyl (C=O) groups excluding carboxylic acids is 3. The van der Waals surface area contributed by atoms with Gasteiger partial charge in [0.1, 0.15) is 17.3 Å². The molecular formula is C56H53N9O6S. The average Bonchev–Trinajstić information content (AvgIpc) is 3.97. The number of anilines is 3. The molecule has 364 valence electrons. The van der Waals surface area contributed by atoms with Gasteiger partial charge in [0, 0.05) is 82.3 Å². The minimum Gasteiger partial charge on any atom is -0.476 e. The lowest BCUT2D eigenvalue weighted by atomic mass is 9.93. The van der Waals surface area contributed by atoms with Gasteiger partial charge in [-0.25, -0.2) is 14.8 Å². The lowest BCUT2D eigenvalue weighted by molar-refractivity contribution is -0.134. The number of piperidine rings is 1.